The number of nitrogens with zero attached hydrogens (tertiary/aromatic N) is 1. The van der Waals surface area contributed by atoms with E-state index >= 15 is 0 Å². The number of para-hydroxylation sites is 1. The van der Waals surface area contributed by atoms with Gasteiger partial charge >= 0.3 is 5.97 Å². The van der Waals surface area contributed by atoms with Crippen LogP contribution >= 0.6 is 22.7 Å². The number of amides is 1. The highest BCUT2D eigenvalue weighted by Gasteiger charge is 2.19. The highest BCUT2D eigenvalue weighted by Crippen LogP contribution is 2.29. The van der Waals surface area contributed by atoms with Gasteiger partial charge in [0.05, 0.1) is 11.4 Å². The van der Waals surface area contributed by atoms with Crippen molar-refractivity contribution in [3.8, 4) is 10.6 Å². The Balaban J connectivity index is 1.63. The van der Waals surface area contributed by atoms with Crippen molar-refractivity contribution in [2.24, 2.45) is 0 Å². The Hall–Kier alpha value is -2.84. The third kappa shape index (κ3) is 4.47. The van der Waals surface area contributed by atoms with Crippen molar-refractivity contribution < 1.29 is 19.1 Å². The molecule has 0 spiro atoms. The van der Waals surface area contributed by atoms with Gasteiger partial charge in [0.2, 0.25) is 0 Å². The van der Waals surface area contributed by atoms with E-state index in [0.29, 0.717) is 21.8 Å². The zero-order valence-electron chi connectivity index (χ0n) is 14.6. The SMILES string of the molecule is CC(=O)c1ccccc1NC(=O)COC(=O)c1sc(-c2ccsc2)nc1C. The van der Waals surface area contributed by atoms with Gasteiger partial charge in [-0.15, -0.1) is 11.3 Å². The summed E-state index contributed by atoms with van der Waals surface area (Å²) in [5.74, 6) is -1.28. The molecule has 3 aromatic rings. The fourth-order valence-electron chi connectivity index (χ4n) is 2.38. The second-order valence-corrected chi connectivity index (χ2v) is 7.45. The van der Waals surface area contributed by atoms with Gasteiger partial charge in [-0.2, -0.15) is 11.3 Å². The van der Waals surface area contributed by atoms with E-state index in [1.807, 2.05) is 16.8 Å². The van der Waals surface area contributed by atoms with Crippen molar-refractivity contribution in [2.45, 2.75) is 13.8 Å². The second-order valence-electron chi connectivity index (χ2n) is 5.67. The van der Waals surface area contributed by atoms with Crippen molar-refractivity contribution in [2.75, 3.05) is 11.9 Å². The van der Waals surface area contributed by atoms with Crippen LogP contribution < -0.4 is 5.32 Å². The summed E-state index contributed by atoms with van der Waals surface area (Å²) >= 11 is 2.78. The van der Waals surface area contributed by atoms with E-state index < -0.39 is 18.5 Å². The molecule has 0 bridgehead atoms. The standard InChI is InChI=1S/C19H16N2O4S2/c1-11-17(27-18(20-11)13-7-8-26-10-13)19(24)25-9-16(23)21-15-6-4-3-5-14(15)12(2)22/h3-8,10H,9H2,1-2H3,(H,21,23). The van der Waals surface area contributed by atoms with Gasteiger partial charge in [-0.3, -0.25) is 9.59 Å². The monoisotopic (exact) mass is 400 g/mol. The maximum Gasteiger partial charge on any atom is 0.350 e. The number of hydrogen-bond donors (Lipinski definition) is 1. The van der Waals surface area contributed by atoms with Gasteiger partial charge in [0.25, 0.3) is 5.91 Å². The number of aryl methyl sites for hydroxylation is 1. The fourth-order valence-corrected chi connectivity index (χ4v) is 4.05. The van der Waals surface area contributed by atoms with E-state index in [-0.39, 0.29) is 5.78 Å². The minimum absolute atomic E-state index is 0.163. The molecule has 0 fully saturated rings. The summed E-state index contributed by atoms with van der Waals surface area (Å²) in [7, 11) is 0. The molecule has 1 aromatic carbocycles. The zero-order valence-corrected chi connectivity index (χ0v) is 16.3. The van der Waals surface area contributed by atoms with Crippen LogP contribution in [0.3, 0.4) is 0 Å². The van der Waals surface area contributed by atoms with Crippen LogP contribution in [0, 0.1) is 6.92 Å². The van der Waals surface area contributed by atoms with Crippen molar-refractivity contribution in [1.82, 2.24) is 4.98 Å². The molecule has 8 heteroatoms. The number of carbonyl (C=O) groups is 3. The average Bonchev–Trinajstić information content (AvgIpc) is 3.29. The predicted octanol–water partition coefficient (Wildman–Crippen LogP) is 4.18. The Morgan fingerprint density at radius 3 is 2.67 bits per heavy atom. The number of nitrogens with one attached hydrogen (secondary N) is 1. The molecule has 1 N–H and O–H groups in total. The lowest BCUT2D eigenvalue weighted by molar-refractivity contribution is -0.119. The summed E-state index contributed by atoms with van der Waals surface area (Å²) in [6.07, 6.45) is 0. The number of Topliss-reactive ketones (excluding diaryl/α,β-unsaturated/α-hetero) is 1. The molecule has 0 aliphatic rings. The summed E-state index contributed by atoms with van der Waals surface area (Å²) in [6.45, 7) is 2.70. The first-order valence-corrected chi connectivity index (χ1v) is 9.78. The quantitative estimate of drug-likeness (QED) is 0.496. The number of thiazole rings is 1. The maximum absolute atomic E-state index is 12.3. The average molecular weight is 400 g/mol. The van der Waals surface area contributed by atoms with Gasteiger partial charge in [-0.25, -0.2) is 9.78 Å². The molecule has 0 unspecified atom stereocenters. The van der Waals surface area contributed by atoms with Crippen molar-refractivity contribution in [3.05, 3.63) is 57.2 Å². The van der Waals surface area contributed by atoms with Crippen LogP contribution in [0.2, 0.25) is 0 Å². The number of rotatable bonds is 6. The van der Waals surface area contributed by atoms with Crippen LogP contribution in [0.25, 0.3) is 10.6 Å². The molecule has 0 atom stereocenters. The van der Waals surface area contributed by atoms with Gasteiger partial charge in [0.15, 0.2) is 12.4 Å². The lowest BCUT2D eigenvalue weighted by Crippen LogP contribution is -2.21. The van der Waals surface area contributed by atoms with E-state index in [1.54, 1.807) is 42.5 Å². The summed E-state index contributed by atoms with van der Waals surface area (Å²) in [5.41, 5.74) is 2.30. The largest absolute Gasteiger partial charge is 0.451 e. The first-order valence-electron chi connectivity index (χ1n) is 8.02. The van der Waals surface area contributed by atoms with Gasteiger partial charge < -0.3 is 10.1 Å². The molecular weight excluding hydrogens is 384 g/mol. The first-order chi connectivity index (χ1) is 13.0. The minimum Gasteiger partial charge on any atom is -0.451 e. The third-order valence-corrected chi connectivity index (χ3v) is 5.53. The van der Waals surface area contributed by atoms with Crippen LogP contribution in [0.5, 0.6) is 0 Å². The van der Waals surface area contributed by atoms with E-state index in [1.165, 1.54) is 18.3 Å². The molecule has 138 valence electrons. The molecule has 0 saturated heterocycles. The molecule has 0 aliphatic carbocycles. The number of aromatic nitrogens is 1. The molecule has 2 heterocycles. The van der Waals surface area contributed by atoms with Gasteiger partial charge in [0.1, 0.15) is 9.88 Å². The van der Waals surface area contributed by atoms with Crippen LogP contribution in [-0.2, 0) is 9.53 Å². The minimum atomic E-state index is -0.596. The summed E-state index contributed by atoms with van der Waals surface area (Å²) in [6, 6.07) is 8.59. The molecule has 0 aliphatic heterocycles. The zero-order chi connectivity index (χ0) is 19.4. The van der Waals surface area contributed by atoms with Crippen LogP contribution in [0.4, 0.5) is 5.69 Å². The maximum atomic E-state index is 12.3. The number of ketones is 1. The van der Waals surface area contributed by atoms with Crippen LogP contribution in [0.15, 0.2) is 41.1 Å². The van der Waals surface area contributed by atoms with Crippen molar-refractivity contribution >= 4 is 46.0 Å². The number of thiophene rings is 1. The molecule has 2 aromatic heterocycles. The normalized spacial score (nSPS) is 10.4. The molecule has 0 saturated carbocycles. The number of anilines is 1. The van der Waals surface area contributed by atoms with E-state index in [9.17, 15) is 14.4 Å². The molecule has 27 heavy (non-hydrogen) atoms. The third-order valence-electron chi connectivity index (χ3n) is 3.66. The second kappa shape index (κ2) is 8.24. The first kappa shape index (κ1) is 18.9. The Morgan fingerprint density at radius 2 is 1.96 bits per heavy atom. The number of benzene rings is 1. The smallest absolute Gasteiger partial charge is 0.350 e. The molecule has 1 amide bonds. The van der Waals surface area contributed by atoms with Crippen molar-refractivity contribution in [1.29, 1.82) is 0 Å². The van der Waals surface area contributed by atoms with Crippen LogP contribution in [-0.4, -0.2) is 29.3 Å². The van der Waals surface area contributed by atoms with Gasteiger partial charge in [0, 0.05) is 16.5 Å². The van der Waals surface area contributed by atoms with Gasteiger partial charge in [-0.05, 0) is 37.4 Å². The number of carbonyl (C=O) groups excluding carboxylic acids is 3. The Labute approximate surface area is 163 Å². The topological polar surface area (TPSA) is 85.4 Å². The summed E-state index contributed by atoms with van der Waals surface area (Å²) < 4.78 is 5.11. The lowest BCUT2D eigenvalue weighted by Gasteiger charge is -2.09. The van der Waals surface area contributed by atoms with Crippen molar-refractivity contribution in [3.63, 3.8) is 0 Å². The summed E-state index contributed by atoms with van der Waals surface area (Å²) in [5, 5.41) is 7.22. The van der Waals surface area contributed by atoms with E-state index in [4.69, 9.17) is 4.74 Å². The van der Waals surface area contributed by atoms with Gasteiger partial charge in [-0.1, -0.05) is 12.1 Å². The Morgan fingerprint density at radius 1 is 1.19 bits per heavy atom. The number of hydrogen-bond acceptors (Lipinski definition) is 7. The lowest BCUT2D eigenvalue weighted by atomic mass is 10.1. The highest BCUT2D eigenvalue weighted by atomic mass is 32.1. The fraction of sp³-hybridized carbons (Fsp3) is 0.158. The Kier molecular flexibility index (Phi) is 5.78. The molecular formula is C19H16N2O4S2. The number of esters is 1. The summed E-state index contributed by atoms with van der Waals surface area (Å²) in [4.78, 5) is 40.7. The molecule has 3 rings (SSSR count). The number of ether oxygens (including phenoxy) is 1. The molecule has 0 radical (unpaired) electrons. The van der Waals surface area contributed by atoms with E-state index in [2.05, 4.69) is 10.3 Å². The van der Waals surface area contributed by atoms with Crippen LogP contribution in [0.1, 0.15) is 32.6 Å². The predicted molar refractivity (Wildman–Crippen MR) is 106 cm³/mol. The molecule has 6 nitrogen and oxygen atoms in total. The Bertz CT molecular complexity index is 993. The highest BCUT2D eigenvalue weighted by molar-refractivity contribution is 7.17. The van der Waals surface area contributed by atoms with E-state index in [0.717, 1.165) is 10.6 Å².